The van der Waals surface area contributed by atoms with Crippen LogP contribution in [0, 0.1) is 18.3 Å². The van der Waals surface area contributed by atoms with Gasteiger partial charge in [0.05, 0.1) is 22.2 Å². The highest BCUT2D eigenvalue weighted by atomic mass is 35.5. The van der Waals surface area contributed by atoms with Crippen LogP contribution < -0.4 is 0 Å². The average molecular weight is 304 g/mol. The molecule has 0 aromatic heterocycles. The smallest absolute Gasteiger partial charge is 0.337 e. The second-order valence-corrected chi connectivity index (χ2v) is 5.69. The molecule has 100 valence electrons. The predicted molar refractivity (Wildman–Crippen MR) is 78.4 cm³/mol. The zero-order chi connectivity index (χ0) is 14.7. The van der Waals surface area contributed by atoms with Gasteiger partial charge in [-0.1, -0.05) is 23.4 Å². The maximum absolute atomic E-state index is 11.0. The van der Waals surface area contributed by atoms with Crippen LogP contribution in [-0.4, -0.2) is 11.1 Å². The van der Waals surface area contributed by atoms with Gasteiger partial charge in [-0.05, 0) is 48.9 Å². The number of benzene rings is 2. The number of hydrogen-bond acceptors (Lipinski definition) is 3. The van der Waals surface area contributed by atoms with Crippen molar-refractivity contribution in [3.63, 3.8) is 0 Å². The van der Waals surface area contributed by atoms with E-state index in [1.54, 1.807) is 24.3 Å². The molecule has 0 spiro atoms. The maximum atomic E-state index is 11.0. The van der Waals surface area contributed by atoms with Gasteiger partial charge in [0, 0.05) is 9.79 Å². The molecule has 0 saturated carbocycles. The van der Waals surface area contributed by atoms with E-state index in [9.17, 15) is 4.79 Å². The van der Waals surface area contributed by atoms with Crippen molar-refractivity contribution in [1.82, 2.24) is 0 Å². The lowest BCUT2D eigenvalue weighted by atomic mass is 10.1. The molecule has 2 aromatic rings. The Morgan fingerprint density at radius 1 is 1.25 bits per heavy atom. The molecule has 0 radical (unpaired) electrons. The predicted octanol–water partition coefficient (Wildman–Crippen LogP) is 4.37. The number of nitrogens with zero attached hydrogens (tertiary/aromatic N) is 1. The van der Waals surface area contributed by atoms with Gasteiger partial charge in [0.25, 0.3) is 0 Å². The first-order chi connectivity index (χ1) is 9.51. The minimum atomic E-state index is -1.05. The second-order valence-electron chi connectivity index (χ2n) is 4.14. The largest absolute Gasteiger partial charge is 0.478 e. The Bertz CT molecular complexity index is 722. The van der Waals surface area contributed by atoms with Crippen LogP contribution in [0.3, 0.4) is 0 Å². The molecule has 0 fully saturated rings. The summed E-state index contributed by atoms with van der Waals surface area (Å²) < 4.78 is 0. The second kappa shape index (κ2) is 6.00. The third kappa shape index (κ3) is 3.13. The molecule has 0 aliphatic heterocycles. The normalized spacial score (nSPS) is 10.1. The third-order valence-electron chi connectivity index (χ3n) is 2.72. The summed E-state index contributed by atoms with van der Waals surface area (Å²) in [5, 5.41) is 18.1. The van der Waals surface area contributed by atoms with Crippen molar-refractivity contribution >= 4 is 29.3 Å². The van der Waals surface area contributed by atoms with Gasteiger partial charge in [0.1, 0.15) is 0 Å². The number of carbonyl (C=O) groups is 1. The van der Waals surface area contributed by atoms with Gasteiger partial charge in [0.2, 0.25) is 0 Å². The van der Waals surface area contributed by atoms with E-state index in [0.29, 0.717) is 5.56 Å². The average Bonchev–Trinajstić information content (AvgIpc) is 2.41. The molecule has 0 amide bonds. The molecular formula is C15H10ClNO2S. The summed E-state index contributed by atoms with van der Waals surface area (Å²) in [5.74, 6) is -1.05. The van der Waals surface area contributed by atoms with Crippen molar-refractivity contribution in [2.75, 3.05) is 0 Å². The van der Waals surface area contributed by atoms with Crippen molar-refractivity contribution in [1.29, 1.82) is 5.26 Å². The number of rotatable bonds is 3. The number of hydrogen-bond donors (Lipinski definition) is 1. The summed E-state index contributed by atoms with van der Waals surface area (Å²) in [7, 11) is 0. The van der Waals surface area contributed by atoms with Crippen molar-refractivity contribution in [3.05, 3.63) is 58.1 Å². The molecule has 0 atom stereocenters. The van der Waals surface area contributed by atoms with Crippen LogP contribution in [0.1, 0.15) is 21.5 Å². The molecule has 2 rings (SSSR count). The Kier molecular flexibility index (Phi) is 4.33. The van der Waals surface area contributed by atoms with Crippen LogP contribution in [0.15, 0.2) is 46.2 Å². The van der Waals surface area contributed by atoms with Gasteiger partial charge >= 0.3 is 5.97 Å². The lowest BCUT2D eigenvalue weighted by Crippen LogP contribution is -1.97. The van der Waals surface area contributed by atoms with Gasteiger partial charge in [0.15, 0.2) is 0 Å². The van der Waals surface area contributed by atoms with Crippen molar-refractivity contribution in [3.8, 4) is 6.07 Å². The monoisotopic (exact) mass is 303 g/mol. The lowest BCUT2D eigenvalue weighted by molar-refractivity contribution is 0.0697. The molecule has 3 nitrogen and oxygen atoms in total. The van der Waals surface area contributed by atoms with E-state index in [1.165, 1.54) is 11.8 Å². The quantitative estimate of drug-likeness (QED) is 0.914. The molecule has 1 N–H and O–H groups in total. The lowest BCUT2D eigenvalue weighted by Gasteiger charge is -2.06. The molecule has 0 saturated heterocycles. The summed E-state index contributed by atoms with van der Waals surface area (Å²) in [6, 6.07) is 12.5. The molecular weight excluding hydrogens is 294 g/mol. The summed E-state index contributed by atoms with van der Waals surface area (Å²) >= 11 is 7.26. The first kappa shape index (κ1) is 14.4. The fourth-order valence-electron chi connectivity index (χ4n) is 1.69. The minimum Gasteiger partial charge on any atom is -0.478 e. The Morgan fingerprint density at radius 2 is 1.90 bits per heavy atom. The van der Waals surface area contributed by atoms with Crippen LogP contribution in [0.25, 0.3) is 0 Å². The minimum absolute atomic E-state index is 0.0852. The third-order valence-corrected chi connectivity index (χ3v) is 4.03. The van der Waals surface area contributed by atoms with Crippen LogP contribution in [0.5, 0.6) is 0 Å². The molecule has 5 heteroatoms. The van der Waals surface area contributed by atoms with E-state index < -0.39 is 5.97 Å². The van der Waals surface area contributed by atoms with Gasteiger partial charge in [-0.25, -0.2) is 4.79 Å². The summed E-state index contributed by atoms with van der Waals surface area (Å²) in [5.41, 5.74) is 1.61. The van der Waals surface area contributed by atoms with Gasteiger partial charge in [-0.2, -0.15) is 5.26 Å². The first-order valence-electron chi connectivity index (χ1n) is 5.72. The zero-order valence-electron chi connectivity index (χ0n) is 10.6. The molecule has 0 unspecified atom stereocenters. The standard InChI is InChI=1S/C15H10ClNO2S/c1-9-6-11(3-2-10(9)8-17)20-12-4-5-14(16)13(7-12)15(18)19/h2-7H,1H3,(H,18,19). The Balaban J connectivity index is 2.31. The van der Waals surface area contributed by atoms with E-state index in [-0.39, 0.29) is 10.6 Å². The van der Waals surface area contributed by atoms with E-state index in [2.05, 4.69) is 6.07 Å². The van der Waals surface area contributed by atoms with Crippen molar-refractivity contribution in [2.45, 2.75) is 16.7 Å². The fourth-order valence-corrected chi connectivity index (χ4v) is 2.85. The highest BCUT2D eigenvalue weighted by Crippen LogP contribution is 2.31. The molecule has 0 bridgehead atoms. The molecule has 0 aliphatic carbocycles. The number of nitriles is 1. The van der Waals surface area contributed by atoms with E-state index >= 15 is 0 Å². The Morgan fingerprint density at radius 3 is 2.50 bits per heavy atom. The Labute approximate surface area is 125 Å². The van der Waals surface area contributed by atoms with Gasteiger partial charge in [-0.3, -0.25) is 0 Å². The van der Waals surface area contributed by atoms with Crippen LogP contribution in [0.4, 0.5) is 0 Å². The number of aryl methyl sites for hydroxylation is 1. The molecule has 20 heavy (non-hydrogen) atoms. The SMILES string of the molecule is Cc1cc(Sc2ccc(Cl)c(C(=O)O)c2)ccc1C#N. The molecule has 0 heterocycles. The van der Waals surface area contributed by atoms with Crippen molar-refractivity contribution in [2.24, 2.45) is 0 Å². The highest BCUT2D eigenvalue weighted by molar-refractivity contribution is 7.99. The number of carboxylic acid groups (broad SMARTS) is 1. The van der Waals surface area contributed by atoms with Crippen LogP contribution in [-0.2, 0) is 0 Å². The topological polar surface area (TPSA) is 61.1 Å². The fraction of sp³-hybridized carbons (Fsp3) is 0.0667. The Hall–Kier alpha value is -1.96. The highest BCUT2D eigenvalue weighted by Gasteiger charge is 2.10. The van der Waals surface area contributed by atoms with E-state index in [4.69, 9.17) is 22.0 Å². The maximum Gasteiger partial charge on any atom is 0.337 e. The molecule has 2 aromatic carbocycles. The zero-order valence-corrected chi connectivity index (χ0v) is 12.1. The number of halogens is 1. The van der Waals surface area contributed by atoms with E-state index in [0.717, 1.165) is 15.4 Å². The van der Waals surface area contributed by atoms with Gasteiger partial charge < -0.3 is 5.11 Å². The number of carboxylic acids is 1. The van der Waals surface area contributed by atoms with Crippen molar-refractivity contribution < 1.29 is 9.90 Å². The van der Waals surface area contributed by atoms with Crippen LogP contribution in [0.2, 0.25) is 5.02 Å². The van der Waals surface area contributed by atoms with Crippen LogP contribution >= 0.6 is 23.4 Å². The summed E-state index contributed by atoms with van der Waals surface area (Å²) in [6.45, 7) is 1.87. The summed E-state index contributed by atoms with van der Waals surface area (Å²) in [4.78, 5) is 12.8. The first-order valence-corrected chi connectivity index (χ1v) is 6.92. The van der Waals surface area contributed by atoms with E-state index in [1.807, 2.05) is 19.1 Å². The van der Waals surface area contributed by atoms with Gasteiger partial charge in [-0.15, -0.1) is 0 Å². The number of aromatic carboxylic acids is 1. The summed E-state index contributed by atoms with van der Waals surface area (Å²) in [6.07, 6.45) is 0. The molecule has 0 aliphatic rings.